The van der Waals surface area contributed by atoms with Crippen LogP contribution in [-0.2, 0) is 0 Å². The van der Waals surface area contributed by atoms with Gasteiger partial charge in [-0.1, -0.05) is 23.7 Å². The molecule has 27 heavy (non-hydrogen) atoms. The number of aromatic nitrogens is 5. The van der Waals surface area contributed by atoms with E-state index in [9.17, 15) is 4.79 Å². The van der Waals surface area contributed by atoms with E-state index >= 15 is 0 Å². The molecule has 4 rings (SSSR count). The maximum atomic E-state index is 12.5. The van der Waals surface area contributed by atoms with Gasteiger partial charge in [0, 0.05) is 35.1 Å². The third-order valence-electron chi connectivity index (χ3n) is 4.18. The molecule has 0 aliphatic carbocycles. The summed E-state index contributed by atoms with van der Waals surface area (Å²) in [4.78, 5) is 32.1. The summed E-state index contributed by atoms with van der Waals surface area (Å²) in [5.74, 6) is 0.412. The number of rotatable bonds is 4. The number of anilines is 1. The molecular formula is C19H15ClN6O. The quantitative estimate of drug-likeness (QED) is 0.563. The Bertz CT molecular complexity index is 1160. The zero-order valence-electron chi connectivity index (χ0n) is 14.3. The highest BCUT2D eigenvalue weighted by atomic mass is 35.5. The van der Waals surface area contributed by atoms with Gasteiger partial charge < -0.3 is 10.3 Å². The number of nitrogens with zero attached hydrogens (tertiary/aromatic N) is 4. The molecule has 0 spiro atoms. The number of para-hydroxylation sites is 1. The lowest BCUT2D eigenvalue weighted by atomic mass is 10.1. The maximum absolute atomic E-state index is 12.5. The number of pyridine rings is 1. The van der Waals surface area contributed by atoms with E-state index in [1.165, 1.54) is 6.33 Å². The minimum Gasteiger partial charge on any atom is -0.347 e. The third kappa shape index (κ3) is 3.50. The molecule has 3 aromatic heterocycles. The van der Waals surface area contributed by atoms with Crippen molar-refractivity contribution in [1.29, 1.82) is 0 Å². The van der Waals surface area contributed by atoms with Crippen molar-refractivity contribution in [1.82, 2.24) is 24.9 Å². The van der Waals surface area contributed by atoms with Gasteiger partial charge in [0.2, 0.25) is 5.95 Å². The van der Waals surface area contributed by atoms with E-state index in [2.05, 4.69) is 30.2 Å². The first-order valence-corrected chi connectivity index (χ1v) is 8.66. The molecule has 0 aliphatic heterocycles. The Kier molecular flexibility index (Phi) is 4.52. The van der Waals surface area contributed by atoms with Gasteiger partial charge in [0.25, 0.3) is 5.56 Å². The van der Waals surface area contributed by atoms with Crippen LogP contribution >= 0.6 is 11.6 Å². The standard InChI is InChI=1S/C19H15ClN6O/c1-11(14-7-12-3-2-4-15(20)17(12)26-18(14)27)24-19-23-6-5-16(25-19)13-8-21-10-22-9-13/h2-11H,1H3,(H,26,27)(H,23,24,25)/t11-/m0/s1. The Hall–Kier alpha value is -3.32. The summed E-state index contributed by atoms with van der Waals surface area (Å²) in [6, 6.07) is 8.79. The van der Waals surface area contributed by atoms with E-state index in [-0.39, 0.29) is 11.6 Å². The van der Waals surface area contributed by atoms with Gasteiger partial charge in [-0.15, -0.1) is 0 Å². The second-order valence-corrected chi connectivity index (χ2v) is 6.42. The fourth-order valence-corrected chi connectivity index (χ4v) is 3.05. The molecule has 8 heteroatoms. The molecule has 0 saturated heterocycles. The minimum atomic E-state index is -0.306. The van der Waals surface area contributed by atoms with Gasteiger partial charge in [0.05, 0.1) is 22.3 Å². The highest BCUT2D eigenvalue weighted by molar-refractivity contribution is 6.35. The zero-order chi connectivity index (χ0) is 18.8. The summed E-state index contributed by atoms with van der Waals surface area (Å²) < 4.78 is 0. The number of nitrogens with one attached hydrogen (secondary N) is 2. The van der Waals surface area contributed by atoms with Crippen LogP contribution in [0.1, 0.15) is 18.5 Å². The summed E-state index contributed by atoms with van der Waals surface area (Å²) in [7, 11) is 0. The molecule has 0 fully saturated rings. The van der Waals surface area contributed by atoms with Crippen molar-refractivity contribution in [2.75, 3.05) is 5.32 Å². The van der Waals surface area contributed by atoms with Crippen molar-refractivity contribution in [2.24, 2.45) is 0 Å². The highest BCUT2D eigenvalue weighted by Gasteiger charge is 2.14. The van der Waals surface area contributed by atoms with Crippen LogP contribution in [0.3, 0.4) is 0 Å². The topological polar surface area (TPSA) is 96.4 Å². The second kappa shape index (κ2) is 7.13. The summed E-state index contributed by atoms with van der Waals surface area (Å²) in [6.45, 7) is 1.88. The molecule has 0 unspecified atom stereocenters. The van der Waals surface area contributed by atoms with Gasteiger partial charge in [0.15, 0.2) is 0 Å². The number of fused-ring (bicyclic) bond motifs is 1. The van der Waals surface area contributed by atoms with Gasteiger partial charge in [-0.25, -0.2) is 19.9 Å². The van der Waals surface area contributed by atoms with Gasteiger partial charge in [-0.3, -0.25) is 4.79 Å². The fourth-order valence-electron chi connectivity index (χ4n) is 2.83. The first-order chi connectivity index (χ1) is 13.1. The molecule has 134 valence electrons. The largest absolute Gasteiger partial charge is 0.347 e. The van der Waals surface area contributed by atoms with Crippen molar-refractivity contribution in [2.45, 2.75) is 13.0 Å². The molecule has 7 nitrogen and oxygen atoms in total. The molecule has 2 N–H and O–H groups in total. The van der Waals surface area contributed by atoms with Gasteiger partial charge in [0.1, 0.15) is 6.33 Å². The third-order valence-corrected chi connectivity index (χ3v) is 4.50. The molecule has 3 heterocycles. The van der Waals surface area contributed by atoms with Crippen molar-refractivity contribution in [3.63, 3.8) is 0 Å². The molecule has 0 amide bonds. The van der Waals surface area contributed by atoms with Crippen LogP contribution in [0.2, 0.25) is 5.02 Å². The maximum Gasteiger partial charge on any atom is 0.253 e. The zero-order valence-corrected chi connectivity index (χ0v) is 15.1. The van der Waals surface area contributed by atoms with Crippen LogP contribution < -0.4 is 10.9 Å². The summed E-state index contributed by atoms with van der Waals surface area (Å²) in [5.41, 5.74) is 2.47. The Balaban J connectivity index is 1.65. The van der Waals surface area contributed by atoms with E-state index in [0.717, 1.165) is 10.9 Å². The van der Waals surface area contributed by atoms with E-state index in [0.29, 0.717) is 27.7 Å². The molecule has 0 radical (unpaired) electrons. The average molecular weight is 379 g/mol. The molecule has 0 bridgehead atoms. The van der Waals surface area contributed by atoms with Crippen LogP contribution in [0, 0.1) is 0 Å². The molecule has 0 aliphatic rings. The van der Waals surface area contributed by atoms with Crippen molar-refractivity contribution in [3.05, 3.63) is 76.2 Å². The lowest BCUT2D eigenvalue weighted by molar-refractivity contribution is 0.845. The summed E-state index contributed by atoms with van der Waals surface area (Å²) in [5, 5.41) is 4.55. The first kappa shape index (κ1) is 17.1. The Labute approximate surface area is 159 Å². The molecule has 4 aromatic rings. The first-order valence-electron chi connectivity index (χ1n) is 8.28. The fraction of sp³-hybridized carbons (Fsp3) is 0.105. The van der Waals surface area contributed by atoms with Crippen LogP contribution in [0.4, 0.5) is 5.95 Å². The lowest BCUT2D eigenvalue weighted by Crippen LogP contribution is -2.20. The SMILES string of the molecule is C[C@H](Nc1nccc(-c2cncnc2)n1)c1cc2cccc(Cl)c2[nH]c1=O. The minimum absolute atomic E-state index is 0.205. The van der Waals surface area contributed by atoms with Crippen molar-refractivity contribution >= 4 is 28.5 Å². The number of halogens is 1. The molecule has 1 atom stereocenters. The lowest BCUT2D eigenvalue weighted by Gasteiger charge is -2.15. The summed E-state index contributed by atoms with van der Waals surface area (Å²) in [6.07, 6.45) is 6.47. The Morgan fingerprint density at radius 3 is 2.81 bits per heavy atom. The number of benzene rings is 1. The van der Waals surface area contributed by atoms with Crippen LogP contribution in [0.5, 0.6) is 0 Å². The predicted octanol–water partition coefficient (Wildman–Crippen LogP) is 3.60. The number of H-pyrrole nitrogens is 1. The summed E-state index contributed by atoms with van der Waals surface area (Å²) >= 11 is 6.15. The van der Waals surface area contributed by atoms with Crippen LogP contribution in [0.25, 0.3) is 22.2 Å². The normalized spacial score (nSPS) is 12.1. The number of aromatic amines is 1. The number of hydrogen-bond donors (Lipinski definition) is 2. The average Bonchev–Trinajstić information content (AvgIpc) is 2.69. The predicted molar refractivity (Wildman–Crippen MR) is 105 cm³/mol. The van der Waals surface area contributed by atoms with Crippen LogP contribution in [-0.4, -0.2) is 24.9 Å². The monoisotopic (exact) mass is 378 g/mol. The Morgan fingerprint density at radius 1 is 1.19 bits per heavy atom. The van der Waals surface area contributed by atoms with Gasteiger partial charge in [-0.05, 0) is 25.1 Å². The number of hydrogen-bond acceptors (Lipinski definition) is 6. The van der Waals surface area contributed by atoms with E-state index < -0.39 is 0 Å². The van der Waals surface area contributed by atoms with E-state index in [1.54, 1.807) is 30.7 Å². The Morgan fingerprint density at radius 2 is 2.00 bits per heavy atom. The highest BCUT2D eigenvalue weighted by Crippen LogP contribution is 2.23. The molecular weight excluding hydrogens is 364 g/mol. The van der Waals surface area contributed by atoms with Crippen LogP contribution in [0.15, 0.2) is 60.0 Å². The van der Waals surface area contributed by atoms with Gasteiger partial charge >= 0.3 is 0 Å². The van der Waals surface area contributed by atoms with Crippen molar-refractivity contribution in [3.8, 4) is 11.3 Å². The second-order valence-electron chi connectivity index (χ2n) is 6.02. The van der Waals surface area contributed by atoms with E-state index in [1.807, 2.05) is 25.1 Å². The molecule has 1 aromatic carbocycles. The van der Waals surface area contributed by atoms with Gasteiger partial charge in [-0.2, -0.15) is 0 Å². The smallest absolute Gasteiger partial charge is 0.253 e. The molecule has 0 saturated carbocycles. The van der Waals surface area contributed by atoms with E-state index in [4.69, 9.17) is 11.6 Å². The van der Waals surface area contributed by atoms with Crippen molar-refractivity contribution < 1.29 is 0 Å².